The maximum absolute atomic E-state index is 2.54. The Kier molecular flexibility index (Phi) is 21.0. The zero-order chi connectivity index (χ0) is 23.3. The molecule has 0 aliphatic heterocycles. The molecule has 0 saturated carbocycles. The molecule has 0 aromatic rings. The summed E-state index contributed by atoms with van der Waals surface area (Å²) in [5, 5.41) is 0. The van der Waals surface area contributed by atoms with E-state index in [1.165, 1.54) is 96.3 Å². The van der Waals surface area contributed by atoms with E-state index < -0.39 is 0 Å². The quantitative estimate of drug-likeness (QED) is 0.125. The molecule has 0 aliphatic carbocycles. The van der Waals surface area contributed by atoms with E-state index in [-0.39, 0.29) is 0 Å². The SMILES string of the molecule is C/C=C\C(=C/CC)C(CCC)C(C)CCCCCCCC(C)C(CCC)CCCCC. The van der Waals surface area contributed by atoms with Crippen molar-refractivity contribution < 1.29 is 0 Å². The van der Waals surface area contributed by atoms with Gasteiger partial charge in [0.2, 0.25) is 0 Å². The van der Waals surface area contributed by atoms with E-state index in [0.717, 1.165) is 30.1 Å². The molecular weight excluding hydrogens is 372 g/mol. The Labute approximate surface area is 198 Å². The maximum Gasteiger partial charge on any atom is -0.0140 e. The third kappa shape index (κ3) is 15.0. The van der Waals surface area contributed by atoms with Crippen LogP contribution >= 0.6 is 0 Å². The molecule has 31 heavy (non-hydrogen) atoms. The summed E-state index contributed by atoms with van der Waals surface area (Å²) in [5.41, 5.74) is 1.59. The summed E-state index contributed by atoms with van der Waals surface area (Å²) in [7, 11) is 0. The van der Waals surface area contributed by atoms with E-state index in [9.17, 15) is 0 Å². The van der Waals surface area contributed by atoms with Gasteiger partial charge >= 0.3 is 0 Å². The largest absolute Gasteiger partial charge is 0.0874 e. The Morgan fingerprint density at radius 2 is 1.19 bits per heavy atom. The summed E-state index contributed by atoms with van der Waals surface area (Å²) in [6.45, 7) is 16.5. The Balaban J connectivity index is 4.19. The highest BCUT2D eigenvalue weighted by atomic mass is 14.2. The summed E-state index contributed by atoms with van der Waals surface area (Å²) >= 11 is 0. The molecule has 184 valence electrons. The lowest BCUT2D eigenvalue weighted by Gasteiger charge is -2.25. The zero-order valence-electron chi connectivity index (χ0n) is 22.9. The molecular formula is C31H60. The van der Waals surface area contributed by atoms with Crippen LogP contribution in [0.3, 0.4) is 0 Å². The smallest absolute Gasteiger partial charge is 0.0140 e. The normalized spacial score (nSPS) is 16.5. The number of unbranched alkanes of at least 4 members (excludes halogenated alkanes) is 6. The van der Waals surface area contributed by atoms with Crippen LogP contribution in [0.4, 0.5) is 0 Å². The molecule has 4 unspecified atom stereocenters. The molecule has 0 bridgehead atoms. The van der Waals surface area contributed by atoms with Crippen molar-refractivity contribution in [2.24, 2.45) is 23.7 Å². The summed E-state index contributed by atoms with van der Waals surface area (Å²) in [6, 6.07) is 0. The van der Waals surface area contributed by atoms with Crippen LogP contribution in [0.5, 0.6) is 0 Å². The molecule has 0 nitrogen and oxygen atoms in total. The maximum atomic E-state index is 2.54. The van der Waals surface area contributed by atoms with Gasteiger partial charge in [-0.3, -0.25) is 0 Å². The van der Waals surface area contributed by atoms with Gasteiger partial charge in [-0.25, -0.2) is 0 Å². The fraction of sp³-hybridized carbons (Fsp3) is 0.871. The highest BCUT2D eigenvalue weighted by Gasteiger charge is 2.19. The first kappa shape index (κ1) is 30.5. The fourth-order valence-electron chi connectivity index (χ4n) is 5.50. The van der Waals surface area contributed by atoms with Crippen LogP contribution in [-0.2, 0) is 0 Å². The van der Waals surface area contributed by atoms with Gasteiger partial charge in [0.15, 0.2) is 0 Å². The van der Waals surface area contributed by atoms with E-state index in [4.69, 9.17) is 0 Å². The van der Waals surface area contributed by atoms with Gasteiger partial charge < -0.3 is 0 Å². The summed E-state index contributed by atoms with van der Waals surface area (Å²) in [5.74, 6) is 3.48. The van der Waals surface area contributed by atoms with Crippen LogP contribution in [0.2, 0.25) is 0 Å². The first-order chi connectivity index (χ1) is 15.0. The highest BCUT2D eigenvalue weighted by molar-refractivity contribution is 5.22. The van der Waals surface area contributed by atoms with Gasteiger partial charge in [0.1, 0.15) is 0 Å². The molecule has 0 N–H and O–H groups in total. The Morgan fingerprint density at radius 1 is 0.613 bits per heavy atom. The minimum Gasteiger partial charge on any atom is -0.0874 e. The van der Waals surface area contributed by atoms with Crippen molar-refractivity contribution in [2.45, 2.75) is 151 Å². The Hall–Kier alpha value is -0.520. The van der Waals surface area contributed by atoms with Crippen molar-refractivity contribution in [1.82, 2.24) is 0 Å². The monoisotopic (exact) mass is 432 g/mol. The third-order valence-corrected chi connectivity index (χ3v) is 7.48. The summed E-state index contributed by atoms with van der Waals surface area (Å²) in [4.78, 5) is 0. The second-order valence-electron chi connectivity index (χ2n) is 10.4. The minimum atomic E-state index is 0.755. The molecule has 0 heteroatoms. The lowest BCUT2D eigenvalue weighted by molar-refractivity contribution is 0.280. The predicted molar refractivity (Wildman–Crippen MR) is 145 cm³/mol. The topological polar surface area (TPSA) is 0 Å². The summed E-state index contributed by atoms with van der Waals surface area (Å²) < 4.78 is 0. The van der Waals surface area contributed by atoms with Crippen molar-refractivity contribution in [3.05, 3.63) is 23.8 Å². The van der Waals surface area contributed by atoms with Gasteiger partial charge in [-0.15, -0.1) is 0 Å². The average molecular weight is 433 g/mol. The lowest BCUT2D eigenvalue weighted by atomic mass is 9.80. The number of allylic oxidation sites excluding steroid dienone is 4. The van der Waals surface area contributed by atoms with Crippen LogP contribution in [0.25, 0.3) is 0 Å². The van der Waals surface area contributed by atoms with E-state index in [2.05, 4.69) is 66.7 Å². The van der Waals surface area contributed by atoms with Crippen LogP contribution < -0.4 is 0 Å². The third-order valence-electron chi connectivity index (χ3n) is 7.48. The van der Waals surface area contributed by atoms with Crippen molar-refractivity contribution in [3.63, 3.8) is 0 Å². The van der Waals surface area contributed by atoms with Gasteiger partial charge in [-0.2, -0.15) is 0 Å². The predicted octanol–water partition coefficient (Wildman–Crippen LogP) is 11.3. The van der Waals surface area contributed by atoms with E-state index in [0.29, 0.717) is 0 Å². The van der Waals surface area contributed by atoms with Gasteiger partial charge in [0, 0.05) is 0 Å². The zero-order valence-corrected chi connectivity index (χ0v) is 22.9. The van der Waals surface area contributed by atoms with Crippen LogP contribution in [-0.4, -0.2) is 0 Å². The van der Waals surface area contributed by atoms with Crippen LogP contribution in [0.15, 0.2) is 23.8 Å². The standard InChI is InChI=1S/C31H60/c1-8-13-17-26-29(20-9-2)27(6)24-18-15-14-16-19-25-28(7)31(23-12-5)30(21-10-3)22-11-4/h10,21-22,27-29,31H,8-9,11-20,23-26H2,1-7H3/b21-10-,30-22+. The van der Waals surface area contributed by atoms with Crippen molar-refractivity contribution in [1.29, 1.82) is 0 Å². The molecule has 0 rings (SSSR count). The number of hydrogen-bond acceptors (Lipinski definition) is 0. The molecule has 0 aromatic carbocycles. The molecule has 0 amide bonds. The van der Waals surface area contributed by atoms with E-state index >= 15 is 0 Å². The molecule has 0 aliphatic rings. The molecule has 0 saturated heterocycles. The molecule has 0 heterocycles. The second kappa shape index (κ2) is 21.3. The second-order valence-corrected chi connectivity index (χ2v) is 10.4. The van der Waals surface area contributed by atoms with Gasteiger partial charge in [0.05, 0.1) is 0 Å². The fourth-order valence-corrected chi connectivity index (χ4v) is 5.50. The first-order valence-electron chi connectivity index (χ1n) is 14.4. The van der Waals surface area contributed by atoms with Gasteiger partial charge in [0.25, 0.3) is 0 Å². The molecule has 4 atom stereocenters. The Bertz CT molecular complexity index is 429. The number of rotatable bonds is 21. The van der Waals surface area contributed by atoms with Crippen molar-refractivity contribution in [3.8, 4) is 0 Å². The number of hydrogen-bond donors (Lipinski definition) is 0. The van der Waals surface area contributed by atoms with E-state index in [1.54, 1.807) is 5.57 Å². The highest BCUT2D eigenvalue weighted by Crippen LogP contribution is 2.31. The van der Waals surface area contributed by atoms with Crippen LogP contribution in [0, 0.1) is 23.7 Å². The minimum absolute atomic E-state index is 0.755. The lowest BCUT2D eigenvalue weighted by Crippen LogP contribution is -2.14. The van der Waals surface area contributed by atoms with E-state index in [1.807, 2.05) is 0 Å². The molecule has 0 spiro atoms. The van der Waals surface area contributed by atoms with Crippen molar-refractivity contribution >= 4 is 0 Å². The van der Waals surface area contributed by atoms with Crippen molar-refractivity contribution in [2.75, 3.05) is 0 Å². The summed E-state index contributed by atoms with van der Waals surface area (Å²) in [6.07, 6.45) is 29.4. The van der Waals surface area contributed by atoms with Gasteiger partial charge in [-0.05, 0) is 49.0 Å². The average Bonchev–Trinajstić information content (AvgIpc) is 2.76. The molecule has 0 aromatic heterocycles. The van der Waals surface area contributed by atoms with Gasteiger partial charge in [-0.1, -0.05) is 150 Å². The first-order valence-corrected chi connectivity index (χ1v) is 14.4. The van der Waals surface area contributed by atoms with Crippen LogP contribution in [0.1, 0.15) is 151 Å². The molecule has 0 fully saturated rings. The molecule has 0 radical (unpaired) electrons. The Morgan fingerprint density at radius 3 is 1.74 bits per heavy atom.